The molecule has 0 heterocycles. The van der Waals surface area contributed by atoms with Crippen molar-refractivity contribution in [3.8, 4) is 0 Å². The molecule has 19 heavy (non-hydrogen) atoms. The summed E-state index contributed by atoms with van der Waals surface area (Å²) in [5, 5.41) is 0. The normalized spacial score (nSPS) is 15.6. The average molecular weight is 278 g/mol. The summed E-state index contributed by atoms with van der Waals surface area (Å²) in [5.41, 5.74) is 6.17. The molecule has 2 unspecified atom stereocenters. The molecule has 2 atom stereocenters. The second kappa shape index (κ2) is 6.34. The smallest absolute Gasteiger partial charge is 0.326 e. The molecule has 6 heteroatoms. The highest BCUT2D eigenvalue weighted by Gasteiger charge is 2.45. The Kier molecular flexibility index (Phi) is 5.31. The molecule has 1 aromatic carbocycles. The maximum absolute atomic E-state index is 13.0. The Morgan fingerprint density at radius 1 is 1.21 bits per heavy atom. The molecule has 0 aliphatic carbocycles. The second-order valence-corrected chi connectivity index (χ2v) is 4.60. The van der Waals surface area contributed by atoms with Gasteiger partial charge in [-0.05, 0) is 31.2 Å². The highest BCUT2D eigenvalue weighted by atomic mass is 19.4. The van der Waals surface area contributed by atoms with Gasteiger partial charge >= 0.3 is 6.18 Å². The summed E-state index contributed by atoms with van der Waals surface area (Å²) >= 11 is 0. The first kappa shape index (κ1) is 15.9. The summed E-state index contributed by atoms with van der Waals surface area (Å²) in [6.07, 6.45) is -4.15. The van der Waals surface area contributed by atoms with Crippen LogP contribution < -0.4 is 5.73 Å². The van der Waals surface area contributed by atoms with Crippen LogP contribution in [-0.4, -0.2) is 30.2 Å². The quantitative estimate of drug-likeness (QED) is 0.839. The predicted molar refractivity (Wildman–Crippen MR) is 66.0 cm³/mol. The van der Waals surface area contributed by atoms with E-state index in [1.807, 2.05) is 0 Å². The molecule has 0 aromatic heterocycles. The zero-order chi connectivity index (χ0) is 14.6. The Morgan fingerprint density at radius 3 is 2.16 bits per heavy atom. The van der Waals surface area contributed by atoms with E-state index in [4.69, 9.17) is 5.73 Å². The Morgan fingerprint density at radius 2 is 1.74 bits per heavy atom. The Hall–Kier alpha value is -1.14. The van der Waals surface area contributed by atoms with Gasteiger partial charge < -0.3 is 5.73 Å². The summed E-state index contributed by atoms with van der Waals surface area (Å²) in [6, 6.07) is 2.71. The van der Waals surface area contributed by atoms with Crippen molar-refractivity contribution in [2.45, 2.75) is 38.1 Å². The molecule has 0 saturated carbocycles. The van der Waals surface area contributed by atoms with Crippen molar-refractivity contribution < 1.29 is 17.6 Å². The van der Waals surface area contributed by atoms with Gasteiger partial charge in [-0.25, -0.2) is 4.39 Å². The molecule has 0 aliphatic heterocycles. The minimum atomic E-state index is -4.38. The highest BCUT2D eigenvalue weighted by Crippen LogP contribution is 2.28. The summed E-state index contributed by atoms with van der Waals surface area (Å²) in [7, 11) is 1.37. The fraction of sp³-hybridized carbons (Fsp3) is 0.538. The number of likely N-dealkylation sites (N-methyl/N-ethyl adjacent to an activating group) is 1. The number of hydrogen-bond donors (Lipinski definition) is 1. The van der Waals surface area contributed by atoms with Gasteiger partial charge in [-0.3, -0.25) is 4.90 Å². The van der Waals surface area contributed by atoms with Crippen molar-refractivity contribution >= 4 is 0 Å². The van der Waals surface area contributed by atoms with Gasteiger partial charge in [0.05, 0.1) is 0 Å². The number of rotatable bonds is 5. The van der Waals surface area contributed by atoms with E-state index in [2.05, 4.69) is 0 Å². The zero-order valence-corrected chi connectivity index (χ0v) is 10.9. The molecular formula is C13H18F4N2. The molecule has 108 valence electrons. The highest BCUT2D eigenvalue weighted by molar-refractivity contribution is 5.16. The van der Waals surface area contributed by atoms with Gasteiger partial charge in [0, 0.05) is 12.6 Å². The molecule has 0 amide bonds. The molecule has 2 nitrogen and oxygen atoms in total. The third-order valence-electron chi connectivity index (χ3n) is 3.03. The molecular weight excluding hydrogens is 260 g/mol. The van der Waals surface area contributed by atoms with Crippen LogP contribution in [0.3, 0.4) is 0 Å². The van der Waals surface area contributed by atoms with Crippen LogP contribution in [0.25, 0.3) is 0 Å². The van der Waals surface area contributed by atoms with Crippen molar-refractivity contribution in [3.63, 3.8) is 0 Å². The van der Waals surface area contributed by atoms with Crippen LogP contribution in [0.15, 0.2) is 24.3 Å². The van der Waals surface area contributed by atoms with E-state index >= 15 is 0 Å². The molecule has 0 aliphatic rings. The van der Waals surface area contributed by atoms with E-state index in [0.717, 1.165) is 4.90 Å². The minimum absolute atomic E-state index is 0.0676. The van der Waals surface area contributed by atoms with Gasteiger partial charge in [-0.15, -0.1) is 0 Å². The van der Waals surface area contributed by atoms with Crippen LogP contribution in [0.1, 0.15) is 18.9 Å². The standard InChI is InChI=1S/C13H18F4N2/c1-3-11(18)12(13(15,16)17)19(2)8-9-4-6-10(14)7-5-9/h4-7,11-12H,3,8,18H2,1-2H3. The molecule has 0 radical (unpaired) electrons. The lowest BCUT2D eigenvalue weighted by Gasteiger charge is -2.33. The Labute approximate surface area is 110 Å². The number of alkyl halides is 3. The van der Waals surface area contributed by atoms with E-state index in [1.165, 1.54) is 31.3 Å². The lowest BCUT2D eigenvalue weighted by molar-refractivity contribution is -0.187. The third kappa shape index (κ3) is 4.47. The Balaban J connectivity index is 2.82. The van der Waals surface area contributed by atoms with Crippen LogP contribution in [0.2, 0.25) is 0 Å². The average Bonchev–Trinajstić information content (AvgIpc) is 2.30. The second-order valence-electron chi connectivity index (χ2n) is 4.60. The fourth-order valence-electron chi connectivity index (χ4n) is 2.02. The van der Waals surface area contributed by atoms with Crippen LogP contribution in [-0.2, 0) is 6.54 Å². The lowest BCUT2D eigenvalue weighted by atomic mass is 10.0. The largest absolute Gasteiger partial charge is 0.405 e. The maximum atomic E-state index is 13.0. The predicted octanol–water partition coefficient (Wildman–Crippen LogP) is 2.93. The lowest BCUT2D eigenvalue weighted by Crippen LogP contribution is -2.54. The van der Waals surface area contributed by atoms with Gasteiger partial charge in [0.25, 0.3) is 0 Å². The molecule has 0 spiro atoms. The van der Waals surface area contributed by atoms with Crippen molar-refractivity contribution in [2.75, 3.05) is 7.05 Å². The third-order valence-corrected chi connectivity index (χ3v) is 3.03. The van der Waals surface area contributed by atoms with E-state index < -0.39 is 24.1 Å². The van der Waals surface area contributed by atoms with Crippen molar-refractivity contribution in [3.05, 3.63) is 35.6 Å². The monoisotopic (exact) mass is 278 g/mol. The fourth-order valence-corrected chi connectivity index (χ4v) is 2.02. The summed E-state index contributed by atoms with van der Waals surface area (Å²) in [6.45, 7) is 1.69. The Bertz CT molecular complexity index is 389. The van der Waals surface area contributed by atoms with Crippen molar-refractivity contribution in [1.29, 1.82) is 0 Å². The van der Waals surface area contributed by atoms with E-state index in [1.54, 1.807) is 6.92 Å². The van der Waals surface area contributed by atoms with E-state index in [9.17, 15) is 17.6 Å². The topological polar surface area (TPSA) is 29.3 Å². The van der Waals surface area contributed by atoms with Crippen molar-refractivity contribution in [1.82, 2.24) is 4.90 Å². The molecule has 1 aromatic rings. The first-order valence-electron chi connectivity index (χ1n) is 6.02. The summed E-state index contributed by atoms with van der Waals surface area (Å²) < 4.78 is 51.7. The molecule has 0 saturated heterocycles. The van der Waals surface area contributed by atoms with Crippen LogP contribution in [0, 0.1) is 5.82 Å². The van der Waals surface area contributed by atoms with Gasteiger partial charge in [-0.2, -0.15) is 13.2 Å². The summed E-state index contributed by atoms with van der Waals surface area (Å²) in [4.78, 5) is 1.15. The summed E-state index contributed by atoms with van der Waals surface area (Å²) in [5.74, 6) is -0.413. The van der Waals surface area contributed by atoms with E-state index in [-0.39, 0.29) is 13.0 Å². The first-order valence-corrected chi connectivity index (χ1v) is 6.02. The molecule has 1 rings (SSSR count). The minimum Gasteiger partial charge on any atom is -0.326 e. The number of nitrogens with two attached hydrogens (primary N) is 1. The number of benzene rings is 1. The maximum Gasteiger partial charge on any atom is 0.405 e. The van der Waals surface area contributed by atoms with Crippen LogP contribution in [0.5, 0.6) is 0 Å². The van der Waals surface area contributed by atoms with Gasteiger partial charge in [0.2, 0.25) is 0 Å². The number of halogens is 4. The van der Waals surface area contributed by atoms with Crippen LogP contribution in [0.4, 0.5) is 17.6 Å². The zero-order valence-electron chi connectivity index (χ0n) is 10.9. The van der Waals surface area contributed by atoms with Crippen molar-refractivity contribution in [2.24, 2.45) is 5.73 Å². The van der Waals surface area contributed by atoms with Gasteiger partial charge in [0.1, 0.15) is 11.9 Å². The number of hydrogen-bond acceptors (Lipinski definition) is 2. The molecule has 0 bridgehead atoms. The van der Waals surface area contributed by atoms with Crippen LogP contribution >= 0.6 is 0 Å². The first-order chi connectivity index (χ1) is 8.75. The molecule has 2 N–H and O–H groups in total. The number of nitrogens with zero attached hydrogens (tertiary/aromatic N) is 1. The molecule has 0 fully saturated rings. The van der Waals surface area contributed by atoms with Gasteiger partial charge in [0.15, 0.2) is 0 Å². The van der Waals surface area contributed by atoms with Gasteiger partial charge in [-0.1, -0.05) is 19.1 Å². The SMILES string of the molecule is CCC(N)C(N(C)Cc1ccc(F)cc1)C(F)(F)F. The van der Waals surface area contributed by atoms with E-state index in [0.29, 0.717) is 5.56 Å².